The minimum absolute atomic E-state index is 0.0381. The molecule has 1 unspecified atom stereocenters. The molecule has 2 aliphatic carbocycles. The first kappa shape index (κ1) is 18.3. The van der Waals surface area contributed by atoms with Gasteiger partial charge >= 0.3 is 5.97 Å². The molecule has 8 heteroatoms. The van der Waals surface area contributed by atoms with E-state index < -0.39 is 40.5 Å². The molecule has 3 atom stereocenters. The number of carboxylic acid groups (broad SMARTS) is 1. The van der Waals surface area contributed by atoms with Crippen LogP contribution in [0.3, 0.4) is 0 Å². The Bertz CT molecular complexity index is 1170. The second-order valence-corrected chi connectivity index (χ2v) is 8.41. The summed E-state index contributed by atoms with van der Waals surface area (Å²) in [5.41, 5.74) is 7.08. The average molecular weight is 401 g/mol. The van der Waals surface area contributed by atoms with Crippen LogP contribution in [0.2, 0.25) is 0 Å². The van der Waals surface area contributed by atoms with Crippen LogP contribution in [-0.4, -0.2) is 40.4 Å². The quantitative estimate of drug-likeness (QED) is 0.772. The fourth-order valence-electron chi connectivity index (χ4n) is 4.94. The van der Waals surface area contributed by atoms with Crippen molar-refractivity contribution in [1.29, 1.82) is 0 Å². The molecule has 6 nitrogen and oxygen atoms in total. The average Bonchev–Trinajstić information content (AvgIpc) is 3.12. The van der Waals surface area contributed by atoms with Gasteiger partial charge in [0.25, 0.3) is 0 Å². The molecule has 152 valence electrons. The third kappa shape index (κ3) is 2.55. The van der Waals surface area contributed by atoms with Gasteiger partial charge in [0.2, 0.25) is 5.43 Å². The van der Waals surface area contributed by atoms with Gasteiger partial charge in [0.05, 0.1) is 22.8 Å². The van der Waals surface area contributed by atoms with Crippen LogP contribution in [0, 0.1) is 12.7 Å². The van der Waals surface area contributed by atoms with E-state index >= 15 is 4.39 Å². The summed E-state index contributed by atoms with van der Waals surface area (Å²) < 4.78 is 30.6. The number of aromatic nitrogens is 1. The molecule has 0 amide bonds. The third-order valence-electron chi connectivity index (χ3n) is 6.52. The van der Waals surface area contributed by atoms with Gasteiger partial charge in [0, 0.05) is 31.1 Å². The summed E-state index contributed by atoms with van der Waals surface area (Å²) in [6.45, 7) is 2.67. The number of rotatable bonds is 3. The van der Waals surface area contributed by atoms with Crippen molar-refractivity contribution in [2.45, 2.75) is 43.9 Å². The first-order chi connectivity index (χ1) is 13.7. The van der Waals surface area contributed by atoms with Crippen LogP contribution in [0.15, 0.2) is 28.7 Å². The second-order valence-electron chi connectivity index (χ2n) is 8.41. The number of anilines is 1. The van der Waals surface area contributed by atoms with Crippen molar-refractivity contribution >= 4 is 22.6 Å². The molecule has 1 saturated carbocycles. The van der Waals surface area contributed by atoms with Gasteiger partial charge in [-0.3, -0.25) is 4.79 Å². The van der Waals surface area contributed by atoms with Crippen LogP contribution in [0.4, 0.5) is 14.5 Å². The minimum Gasteiger partial charge on any atom is -0.477 e. The molecule has 2 fully saturated rings. The Kier molecular flexibility index (Phi) is 3.71. The number of aryl methyl sites for hydroxylation is 1. The number of fused-ring (bicyclic) bond motifs is 2. The number of carbonyl (C=O) groups is 1. The molecule has 1 aromatic heterocycles. The molecule has 2 aromatic rings. The lowest BCUT2D eigenvalue weighted by molar-refractivity contribution is 0.0694. The number of aromatic carboxylic acids is 1. The van der Waals surface area contributed by atoms with E-state index in [2.05, 4.69) is 6.08 Å². The van der Waals surface area contributed by atoms with Crippen molar-refractivity contribution < 1.29 is 18.7 Å². The number of hydrogen-bond donors (Lipinski definition) is 2. The standard InChI is InChI=1S/C21H21F2N3O3/c1-10-17-12(19(27)13(20(28)29)8-26(17)16-6-14(16)22)5-15(23)18(10)25-7-11-3-2-4-21(11,24)9-25/h3,5,8,14,16H,2,4,6-7,9,24H2,1H3,(H,28,29)/t14-,16?,21+/m0/s1. The van der Waals surface area contributed by atoms with Gasteiger partial charge in [-0.15, -0.1) is 0 Å². The van der Waals surface area contributed by atoms with Gasteiger partial charge in [-0.05, 0) is 37.0 Å². The van der Waals surface area contributed by atoms with Crippen molar-refractivity contribution in [3.63, 3.8) is 0 Å². The van der Waals surface area contributed by atoms with E-state index in [0.29, 0.717) is 29.9 Å². The van der Waals surface area contributed by atoms with Gasteiger partial charge in [0.1, 0.15) is 17.6 Å². The predicted octanol–water partition coefficient (Wildman–Crippen LogP) is 2.67. The van der Waals surface area contributed by atoms with Gasteiger partial charge in [-0.25, -0.2) is 13.6 Å². The number of allylic oxidation sites excluding steroid dienone is 1. The molecule has 3 aliphatic rings. The fraction of sp³-hybridized carbons (Fsp3) is 0.429. The largest absolute Gasteiger partial charge is 0.477 e. The number of benzene rings is 1. The van der Waals surface area contributed by atoms with Gasteiger partial charge in [-0.2, -0.15) is 0 Å². The van der Waals surface area contributed by atoms with Crippen molar-refractivity contribution in [3.05, 3.63) is 51.1 Å². The molecule has 1 saturated heterocycles. The first-order valence-electron chi connectivity index (χ1n) is 9.70. The Hall–Kier alpha value is -2.74. The summed E-state index contributed by atoms with van der Waals surface area (Å²) >= 11 is 0. The Morgan fingerprint density at radius 1 is 1.41 bits per heavy atom. The summed E-state index contributed by atoms with van der Waals surface area (Å²) in [5.74, 6) is -2.01. The maximum atomic E-state index is 15.2. The van der Waals surface area contributed by atoms with Gasteiger partial charge in [-0.1, -0.05) is 6.08 Å². The predicted molar refractivity (Wildman–Crippen MR) is 105 cm³/mol. The monoisotopic (exact) mass is 401 g/mol. The highest BCUT2D eigenvalue weighted by molar-refractivity contribution is 5.95. The number of nitrogens with two attached hydrogens (primary N) is 1. The number of pyridine rings is 1. The molecule has 0 radical (unpaired) electrons. The third-order valence-corrected chi connectivity index (χ3v) is 6.52. The van der Waals surface area contributed by atoms with Crippen molar-refractivity contribution in [2.75, 3.05) is 18.0 Å². The molecule has 2 heterocycles. The number of halogens is 2. The van der Waals surface area contributed by atoms with Crippen LogP contribution < -0.4 is 16.1 Å². The number of carboxylic acids is 1. The summed E-state index contributed by atoms with van der Waals surface area (Å²) in [5, 5.41) is 9.34. The van der Waals surface area contributed by atoms with E-state index in [9.17, 15) is 19.1 Å². The van der Waals surface area contributed by atoms with Crippen LogP contribution in [-0.2, 0) is 0 Å². The maximum Gasteiger partial charge on any atom is 0.341 e. The SMILES string of the molecule is Cc1c(N2CC3=CCC[C@@]3(N)C2)c(F)cc2c(=O)c(C(=O)O)cn(C3C[C@@H]3F)c12. The topological polar surface area (TPSA) is 88.6 Å². The maximum absolute atomic E-state index is 15.2. The molecular weight excluding hydrogens is 380 g/mol. The van der Waals surface area contributed by atoms with Crippen molar-refractivity contribution in [2.24, 2.45) is 5.73 Å². The lowest BCUT2D eigenvalue weighted by Gasteiger charge is -2.26. The van der Waals surface area contributed by atoms with Crippen LogP contribution in [0.5, 0.6) is 0 Å². The molecule has 0 bridgehead atoms. The highest BCUT2D eigenvalue weighted by Crippen LogP contribution is 2.44. The Balaban J connectivity index is 1.75. The lowest BCUT2D eigenvalue weighted by Crippen LogP contribution is -2.42. The Morgan fingerprint density at radius 3 is 2.76 bits per heavy atom. The van der Waals surface area contributed by atoms with E-state index in [-0.39, 0.29) is 11.8 Å². The molecule has 1 aliphatic heterocycles. The number of hydrogen-bond acceptors (Lipinski definition) is 4. The lowest BCUT2D eigenvalue weighted by atomic mass is 9.96. The van der Waals surface area contributed by atoms with E-state index in [1.165, 1.54) is 10.8 Å². The Labute approximate surface area is 165 Å². The smallest absolute Gasteiger partial charge is 0.341 e. The zero-order valence-corrected chi connectivity index (χ0v) is 15.9. The molecule has 29 heavy (non-hydrogen) atoms. The second kappa shape index (κ2) is 5.89. The van der Waals surface area contributed by atoms with E-state index in [4.69, 9.17) is 5.73 Å². The first-order valence-corrected chi connectivity index (χ1v) is 9.70. The zero-order chi connectivity index (χ0) is 20.7. The number of nitrogens with zero attached hydrogens (tertiary/aromatic N) is 2. The number of alkyl halides is 1. The van der Waals surface area contributed by atoms with Gasteiger partial charge < -0.3 is 20.3 Å². The normalized spacial score (nSPS) is 28.0. The summed E-state index contributed by atoms with van der Waals surface area (Å²) in [4.78, 5) is 26.1. The molecule has 5 rings (SSSR count). The summed E-state index contributed by atoms with van der Waals surface area (Å²) in [6, 6.07) is 0.541. The van der Waals surface area contributed by atoms with Gasteiger partial charge in [0.15, 0.2) is 0 Å². The van der Waals surface area contributed by atoms with Crippen molar-refractivity contribution in [3.8, 4) is 0 Å². The highest BCUT2D eigenvalue weighted by Gasteiger charge is 2.43. The van der Waals surface area contributed by atoms with Crippen LogP contribution in [0.25, 0.3) is 10.9 Å². The zero-order valence-electron chi connectivity index (χ0n) is 15.9. The van der Waals surface area contributed by atoms with E-state index in [1.807, 2.05) is 4.90 Å². The molecule has 3 N–H and O–H groups in total. The fourth-order valence-corrected chi connectivity index (χ4v) is 4.94. The van der Waals surface area contributed by atoms with Crippen molar-refractivity contribution in [1.82, 2.24) is 4.57 Å². The molecule has 1 aromatic carbocycles. The molecule has 0 spiro atoms. The summed E-state index contributed by atoms with van der Waals surface area (Å²) in [6.07, 6.45) is 4.14. The molecular formula is C21H21F2N3O3. The summed E-state index contributed by atoms with van der Waals surface area (Å²) in [7, 11) is 0. The van der Waals surface area contributed by atoms with Crippen LogP contribution in [0.1, 0.15) is 41.2 Å². The Morgan fingerprint density at radius 2 is 2.14 bits per heavy atom. The highest BCUT2D eigenvalue weighted by atomic mass is 19.1. The van der Waals surface area contributed by atoms with Crippen LogP contribution >= 0.6 is 0 Å². The van der Waals surface area contributed by atoms with E-state index in [0.717, 1.165) is 24.5 Å². The van der Waals surface area contributed by atoms with E-state index in [1.54, 1.807) is 6.92 Å². The minimum atomic E-state index is -1.41.